The number of rotatable bonds is 8. The van der Waals surface area contributed by atoms with E-state index in [0.717, 1.165) is 57.2 Å². The Kier molecular flexibility index (Phi) is 11.5. The number of anilines is 1. The first-order valence-corrected chi connectivity index (χ1v) is 16.5. The van der Waals surface area contributed by atoms with Gasteiger partial charge >= 0.3 is 23.9 Å². The molecule has 1 aliphatic heterocycles. The van der Waals surface area contributed by atoms with Gasteiger partial charge in [0.2, 0.25) is 5.91 Å². The highest BCUT2D eigenvalue weighted by atomic mass is 16.6. The zero-order chi connectivity index (χ0) is 34.4. The SMILES string of the molecule is CC(C)(C)OC(=O)N[C@H]1CC[C@H](NCC2CC=C(n3ccc(NC(=O)N4CCN(C(=O)C(C)(C)NC(=O)O)CC4)nc3=O)CC2)CC1. The Hall–Kier alpha value is -4.14. The standard InChI is InChI=1S/C32H50N8O7/c1-31(2,3)47-30(46)34-23-10-8-22(9-11-23)33-20-21-6-12-24(13-7-21)40-15-14-25(36-28(40)43)35-27(42)39-18-16-38(17-19-39)26(41)32(4,5)37-29(44)45/h12,14-15,21-23,33,37H,6-11,13,16-20H2,1-5H3,(H,34,46)(H,44,45)(H,35,36,42,43)/t21?,22-,23-. The lowest BCUT2D eigenvalue weighted by Crippen LogP contribution is -2.60. The van der Waals surface area contributed by atoms with Gasteiger partial charge in [-0.1, -0.05) is 6.08 Å². The summed E-state index contributed by atoms with van der Waals surface area (Å²) in [7, 11) is 0. The smallest absolute Gasteiger partial charge is 0.407 e. The second kappa shape index (κ2) is 15.2. The molecule has 3 aliphatic rings. The number of carbonyl (C=O) groups is 4. The Balaban J connectivity index is 1.18. The summed E-state index contributed by atoms with van der Waals surface area (Å²) in [4.78, 5) is 68.6. The summed E-state index contributed by atoms with van der Waals surface area (Å²) in [6, 6.07) is 1.74. The van der Waals surface area contributed by atoms with E-state index in [1.807, 2.05) is 20.8 Å². The van der Waals surface area contributed by atoms with Gasteiger partial charge in [-0.05, 0) is 98.1 Å². The number of hydrogen-bond acceptors (Lipinski definition) is 8. The van der Waals surface area contributed by atoms with Crippen molar-refractivity contribution in [2.45, 2.75) is 103 Å². The molecule has 0 radical (unpaired) electrons. The van der Waals surface area contributed by atoms with Crippen molar-refractivity contribution >= 4 is 35.6 Å². The number of amides is 5. The molecule has 5 N–H and O–H groups in total. The van der Waals surface area contributed by atoms with Crippen LogP contribution >= 0.6 is 0 Å². The Morgan fingerprint density at radius 1 is 0.957 bits per heavy atom. The van der Waals surface area contributed by atoms with E-state index in [9.17, 15) is 24.0 Å². The summed E-state index contributed by atoms with van der Waals surface area (Å²) in [6.07, 6.45) is 8.45. The van der Waals surface area contributed by atoms with Crippen molar-refractivity contribution < 1.29 is 29.0 Å². The number of carbonyl (C=O) groups excluding carboxylic acids is 3. The number of piperazine rings is 1. The molecule has 47 heavy (non-hydrogen) atoms. The summed E-state index contributed by atoms with van der Waals surface area (Å²) in [5.74, 6) is 0.253. The Labute approximate surface area is 275 Å². The molecule has 0 spiro atoms. The second-order valence-corrected chi connectivity index (χ2v) is 14.2. The Morgan fingerprint density at radius 3 is 2.17 bits per heavy atom. The monoisotopic (exact) mass is 658 g/mol. The average molecular weight is 659 g/mol. The van der Waals surface area contributed by atoms with Gasteiger partial charge in [0.25, 0.3) is 0 Å². The fraction of sp³-hybridized carbons (Fsp3) is 0.688. The van der Waals surface area contributed by atoms with Crippen LogP contribution in [0.15, 0.2) is 23.1 Å². The molecule has 0 aromatic carbocycles. The minimum Gasteiger partial charge on any atom is -0.465 e. The summed E-state index contributed by atoms with van der Waals surface area (Å²) >= 11 is 0. The number of alkyl carbamates (subject to hydrolysis) is 1. The predicted octanol–water partition coefficient (Wildman–Crippen LogP) is 3.03. The van der Waals surface area contributed by atoms with Crippen LogP contribution in [0.3, 0.4) is 0 Å². The lowest BCUT2D eigenvalue weighted by atomic mass is 9.89. The van der Waals surface area contributed by atoms with E-state index in [0.29, 0.717) is 12.0 Å². The van der Waals surface area contributed by atoms with Gasteiger partial charge in [-0.2, -0.15) is 4.98 Å². The molecule has 1 aromatic heterocycles. The van der Waals surface area contributed by atoms with Gasteiger partial charge in [0.05, 0.1) is 0 Å². The molecular formula is C32H50N8O7. The van der Waals surface area contributed by atoms with Crippen LogP contribution in [0.4, 0.5) is 20.2 Å². The quantitative estimate of drug-likeness (QED) is 0.280. The molecule has 2 aliphatic carbocycles. The average Bonchev–Trinajstić information content (AvgIpc) is 2.99. The number of allylic oxidation sites excluding steroid dienone is 2. The van der Waals surface area contributed by atoms with Gasteiger partial charge in [-0.3, -0.25) is 14.7 Å². The number of carboxylic acid groups (broad SMARTS) is 1. The Morgan fingerprint density at radius 2 is 1.60 bits per heavy atom. The first-order chi connectivity index (χ1) is 22.1. The molecule has 2 fully saturated rings. The molecule has 15 heteroatoms. The summed E-state index contributed by atoms with van der Waals surface area (Å²) in [5.41, 5.74) is -1.35. The molecule has 5 amide bonds. The number of urea groups is 1. The molecule has 4 rings (SSSR count). The summed E-state index contributed by atoms with van der Waals surface area (Å²) in [6.45, 7) is 10.5. The van der Waals surface area contributed by atoms with Crippen molar-refractivity contribution in [3.05, 3.63) is 28.8 Å². The molecule has 15 nitrogen and oxygen atoms in total. The number of nitrogens with one attached hydrogen (secondary N) is 4. The first kappa shape index (κ1) is 35.7. The summed E-state index contributed by atoms with van der Waals surface area (Å²) in [5, 5.41) is 20.6. The third-order valence-electron chi connectivity index (χ3n) is 8.80. The molecule has 1 saturated carbocycles. The highest BCUT2D eigenvalue weighted by Gasteiger charge is 2.36. The van der Waals surface area contributed by atoms with Gasteiger partial charge in [0.15, 0.2) is 0 Å². The number of ether oxygens (including phenoxy) is 1. The zero-order valence-corrected chi connectivity index (χ0v) is 28.1. The van der Waals surface area contributed by atoms with E-state index in [1.165, 1.54) is 28.2 Å². The van der Waals surface area contributed by atoms with E-state index < -0.39 is 29.0 Å². The third-order valence-corrected chi connectivity index (χ3v) is 8.80. The van der Waals surface area contributed by atoms with Crippen LogP contribution < -0.4 is 27.0 Å². The second-order valence-electron chi connectivity index (χ2n) is 14.2. The van der Waals surface area contributed by atoms with Crippen LogP contribution in [-0.4, -0.2) is 105 Å². The Bertz CT molecular complexity index is 1390. The first-order valence-electron chi connectivity index (χ1n) is 16.5. The van der Waals surface area contributed by atoms with Crippen molar-refractivity contribution in [3.63, 3.8) is 0 Å². The highest BCUT2D eigenvalue weighted by Crippen LogP contribution is 2.26. The molecule has 1 aromatic rings. The molecule has 1 atom stereocenters. The van der Waals surface area contributed by atoms with E-state index in [4.69, 9.17) is 9.84 Å². The van der Waals surface area contributed by atoms with Crippen LogP contribution in [0.2, 0.25) is 0 Å². The predicted molar refractivity (Wildman–Crippen MR) is 176 cm³/mol. The lowest BCUT2D eigenvalue weighted by molar-refractivity contribution is -0.138. The maximum Gasteiger partial charge on any atom is 0.407 e. The summed E-state index contributed by atoms with van der Waals surface area (Å²) < 4.78 is 6.90. The fourth-order valence-electron chi connectivity index (χ4n) is 6.24. The minimum atomic E-state index is -1.28. The van der Waals surface area contributed by atoms with Crippen molar-refractivity contribution in [3.8, 4) is 0 Å². The van der Waals surface area contributed by atoms with Crippen molar-refractivity contribution in [2.24, 2.45) is 5.92 Å². The van der Waals surface area contributed by atoms with Gasteiger partial charge in [0, 0.05) is 50.2 Å². The van der Waals surface area contributed by atoms with E-state index in [2.05, 4.69) is 32.3 Å². The van der Waals surface area contributed by atoms with Crippen molar-refractivity contribution in [1.29, 1.82) is 0 Å². The lowest BCUT2D eigenvalue weighted by Gasteiger charge is -2.38. The number of aromatic nitrogens is 2. The van der Waals surface area contributed by atoms with Gasteiger partial charge in [0.1, 0.15) is 17.0 Å². The van der Waals surface area contributed by atoms with Crippen LogP contribution in [0.5, 0.6) is 0 Å². The molecule has 0 bridgehead atoms. The van der Waals surface area contributed by atoms with Crippen LogP contribution in [0.25, 0.3) is 5.70 Å². The van der Waals surface area contributed by atoms with Crippen LogP contribution in [0.1, 0.15) is 79.6 Å². The highest BCUT2D eigenvalue weighted by molar-refractivity contribution is 5.90. The normalized spacial score (nSPS) is 22.1. The number of hydrogen-bond donors (Lipinski definition) is 5. The maximum atomic E-state index is 12.9. The number of nitrogens with zero attached hydrogens (tertiary/aromatic N) is 4. The van der Waals surface area contributed by atoms with Crippen LogP contribution in [0, 0.1) is 5.92 Å². The van der Waals surface area contributed by atoms with Gasteiger partial charge in [-0.15, -0.1) is 0 Å². The molecular weight excluding hydrogens is 608 g/mol. The van der Waals surface area contributed by atoms with Crippen molar-refractivity contribution in [2.75, 3.05) is 38.0 Å². The van der Waals surface area contributed by atoms with Gasteiger partial charge in [-0.25, -0.2) is 19.2 Å². The van der Waals surface area contributed by atoms with Crippen molar-refractivity contribution in [1.82, 2.24) is 35.3 Å². The topological polar surface area (TPSA) is 187 Å². The van der Waals surface area contributed by atoms with E-state index in [-0.39, 0.29) is 50.0 Å². The molecule has 1 saturated heterocycles. The molecule has 2 heterocycles. The van der Waals surface area contributed by atoms with Crippen LogP contribution in [-0.2, 0) is 9.53 Å². The third kappa shape index (κ3) is 10.4. The largest absolute Gasteiger partial charge is 0.465 e. The zero-order valence-electron chi connectivity index (χ0n) is 28.1. The molecule has 1 unspecified atom stereocenters. The molecule has 260 valence electrons. The maximum absolute atomic E-state index is 12.9. The van der Waals surface area contributed by atoms with E-state index in [1.54, 1.807) is 12.3 Å². The fourth-order valence-corrected chi connectivity index (χ4v) is 6.24. The van der Waals surface area contributed by atoms with E-state index >= 15 is 0 Å². The minimum absolute atomic E-state index is 0.145. The van der Waals surface area contributed by atoms with Gasteiger partial charge < -0.3 is 35.6 Å².